The third kappa shape index (κ3) is 4.11. The number of hydrogen-bond donors (Lipinski definition) is 0. The predicted octanol–water partition coefficient (Wildman–Crippen LogP) is 3.17. The van der Waals surface area contributed by atoms with Crippen molar-refractivity contribution in [3.8, 4) is 5.75 Å². The number of methoxy groups -OCH3 is 1. The van der Waals surface area contributed by atoms with Crippen molar-refractivity contribution in [3.05, 3.63) is 42.0 Å². The number of benzene rings is 1. The summed E-state index contributed by atoms with van der Waals surface area (Å²) in [6, 6.07) is 8.38. The standard InChI is InChI=1S/C19H28N2O/c1-22-19-10-6-5-9-18(19)16-21-13-11-20(12-14-21)15-17-7-3-2-4-8-17/h2-3,5-6,9-10,17H,4,7-8,11-16H2,1H3/t17-/m1/s1. The van der Waals surface area contributed by atoms with E-state index in [0.29, 0.717) is 0 Å². The molecule has 3 nitrogen and oxygen atoms in total. The van der Waals surface area contributed by atoms with Crippen molar-refractivity contribution in [2.45, 2.75) is 25.8 Å². The van der Waals surface area contributed by atoms with Crippen molar-refractivity contribution in [3.63, 3.8) is 0 Å². The molecule has 1 aromatic rings. The maximum absolute atomic E-state index is 5.46. The van der Waals surface area contributed by atoms with Crippen molar-refractivity contribution in [2.24, 2.45) is 5.92 Å². The molecule has 120 valence electrons. The molecule has 0 unspecified atom stereocenters. The number of piperazine rings is 1. The van der Waals surface area contributed by atoms with E-state index in [1.54, 1.807) is 7.11 Å². The van der Waals surface area contributed by atoms with Crippen molar-refractivity contribution in [1.82, 2.24) is 9.80 Å². The van der Waals surface area contributed by atoms with Gasteiger partial charge in [-0.05, 0) is 31.2 Å². The third-order valence-corrected chi connectivity index (χ3v) is 4.95. The molecule has 0 N–H and O–H groups in total. The van der Waals surface area contributed by atoms with Gasteiger partial charge in [0.05, 0.1) is 7.11 Å². The van der Waals surface area contributed by atoms with E-state index >= 15 is 0 Å². The molecule has 1 heterocycles. The Labute approximate surface area is 134 Å². The van der Waals surface area contributed by atoms with Crippen LogP contribution in [0.2, 0.25) is 0 Å². The highest BCUT2D eigenvalue weighted by molar-refractivity contribution is 5.33. The minimum absolute atomic E-state index is 0.880. The molecule has 22 heavy (non-hydrogen) atoms. The molecule has 3 rings (SSSR count). The monoisotopic (exact) mass is 300 g/mol. The average molecular weight is 300 g/mol. The Hall–Kier alpha value is -1.32. The van der Waals surface area contributed by atoms with Crippen molar-refractivity contribution in [2.75, 3.05) is 39.8 Å². The zero-order chi connectivity index (χ0) is 15.2. The Morgan fingerprint density at radius 3 is 2.55 bits per heavy atom. The van der Waals surface area contributed by atoms with Gasteiger partial charge in [-0.3, -0.25) is 4.90 Å². The quantitative estimate of drug-likeness (QED) is 0.777. The first-order valence-corrected chi connectivity index (χ1v) is 8.57. The summed E-state index contributed by atoms with van der Waals surface area (Å²) in [5.41, 5.74) is 1.30. The van der Waals surface area contributed by atoms with Gasteiger partial charge < -0.3 is 9.64 Å². The molecule has 0 amide bonds. The van der Waals surface area contributed by atoms with Crippen LogP contribution < -0.4 is 4.74 Å². The smallest absolute Gasteiger partial charge is 0.123 e. The molecule has 1 aromatic carbocycles. The summed E-state index contributed by atoms with van der Waals surface area (Å²) in [4.78, 5) is 5.21. The van der Waals surface area contributed by atoms with Crippen LogP contribution in [-0.4, -0.2) is 49.6 Å². The Morgan fingerprint density at radius 1 is 1.05 bits per heavy atom. The number of allylic oxidation sites excluding steroid dienone is 2. The first-order chi connectivity index (χ1) is 10.8. The third-order valence-electron chi connectivity index (χ3n) is 4.95. The molecule has 0 spiro atoms. The average Bonchev–Trinajstić information content (AvgIpc) is 2.58. The molecule has 0 aromatic heterocycles. The SMILES string of the molecule is COc1ccccc1CN1CCN(C[C@@H]2CC=CCC2)CC1. The van der Waals surface area contributed by atoms with Crippen LogP contribution in [0.15, 0.2) is 36.4 Å². The minimum Gasteiger partial charge on any atom is -0.496 e. The molecule has 0 radical (unpaired) electrons. The molecule has 1 atom stereocenters. The molecule has 0 saturated carbocycles. The summed E-state index contributed by atoms with van der Waals surface area (Å²) in [5.74, 6) is 1.89. The Kier molecular flexibility index (Phi) is 5.52. The molecule has 0 bridgehead atoms. The zero-order valence-electron chi connectivity index (χ0n) is 13.7. The van der Waals surface area contributed by atoms with Gasteiger partial charge in [-0.25, -0.2) is 0 Å². The first kappa shape index (κ1) is 15.6. The highest BCUT2D eigenvalue weighted by Crippen LogP contribution is 2.22. The summed E-state index contributed by atoms with van der Waals surface area (Å²) >= 11 is 0. The van der Waals surface area contributed by atoms with E-state index in [-0.39, 0.29) is 0 Å². The van der Waals surface area contributed by atoms with Crippen LogP contribution in [0.5, 0.6) is 5.75 Å². The van der Waals surface area contributed by atoms with Crippen LogP contribution in [0.25, 0.3) is 0 Å². The maximum atomic E-state index is 5.46. The highest BCUT2D eigenvalue weighted by atomic mass is 16.5. The molecular weight excluding hydrogens is 272 g/mol. The largest absolute Gasteiger partial charge is 0.496 e. The number of rotatable bonds is 5. The molecule has 1 aliphatic carbocycles. The molecule has 3 heteroatoms. The summed E-state index contributed by atoms with van der Waals surface area (Å²) < 4.78 is 5.46. The van der Waals surface area contributed by atoms with Crippen molar-refractivity contribution >= 4 is 0 Å². The van der Waals surface area contributed by atoms with Crippen LogP contribution in [0.1, 0.15) is 24.8 Å². The van der Waals surface area contributed by atoms with E-state index in [1.165, 1.54) is 57.5 Å². The van der Waals surface area contributed by atoms with Gasteiger partial charge in [0.2, 0.25) is 0 Å². The zero-order valence-corrected chi connectivity index (χ0v) is 13.7. The summed E-state index contributed by atoms with van der Waals surface area (Å²) in [6.45, 7) is 7.03. The van der Waals surface area contributed by atoms with Crippen LogP contribution in [0.4, 0.5) is 0 Å². The van der Waals surface area contributed by atoms with E-state index in [2.05, 4.69) is 40.2 Å². The fourth-order valence-electron chi connectivity index (χ4n) is 3.59. The first-order valence-electron chi connectivity index (χ1n) is 8.57. The lowest BCUT2D eigenvalue weighted by molar-refractivity contribution is 0.110. The molecular formula is C19H28N2O. The van der Waals surface area contributed by atoms with Crippen LogP contribution >= 0.6 is 0 Å². The van der Waals surface area contributed by atoms with E-state index < -0.39 is 0 Å². The van der Waals surface area contributed by atoms with E-state index in [0.717, 1.165) is 18.2 Å². The second-order valence-corrected chi connectivity index (χ2v) is 6.54. The van der Waals surface area contributed by atoms with E-state index in [1.807, 2.05) is 6.07 Å². The summed E-state index contributed by atoms with van der Waals surface area (Å²) in [7, 11) is 1.76. The van der Waals surface area contributed by atoms with Crippen molar-refractivity contribution in [1.29, 1.82) is 0 Å². The van der Waals surface area contributed by atoms with Gasteiger partial charge >= 0.3 is 0 Å². The Bertz CT molecular complexity index is 492. The normalized spacial score (nSPS) is 23.6. The van der Waals surface area contributed by atoms with Gasteiger partial charge in [-0.2, -0.15) is 0 Å². The fourth-order valence-corrected chi connectivity index (χ4v) is 3.59. The summed E-state index contributed by atoms with van der Waals surface area (Å²) in [6.07, 6.45) is 8.63. The van der Waals surface area contributed by atoms with Gasteiger partial charge in [-0.1, -0.05) is 30.4 Å². The van der Waals surface area contributed by atoms with Crippen molar-refractivity contribution < 1.29 is 4.74 Å². The number of ether oxygens (including phenoxy) is 1. The molecule has 1 fully saturated rings. The molecule has 2 aliphatic rings. The maximum Gasteiger partial charge on any atom is 0.123 e. The second kappa shape index (κ2) is 7.80. The molecule has 1 saturated heterocycles. The predicted molar refractivity (Wildman–Crippen MR) is 91.2 cm³/mol. The highest BCUT2D eigenvalue weighted by Gasteiger charge is 2.21. The Morgan fingerprint density at radius 2 is 1.82 bits per heavy atom. The summed E-state index contributed by atoms with van der Waals surface area (Å²) in [5, 5.41) is 0. The second-order valence-electron chi connectivity index (χ2n) is 6.54. The van der Waals surface area contributed by atoms with Gasteiger partial charge in [0.25, 0.3) is 0 Å². The topological polar surface area (TPSA) is 15.7 Å². The van der Waals surface area contributed by atoms with Crippen LogP contribution in [0.3, 0.4) is 0 Å². The minimum atomic E-state index is 0.880. The van der Waals surface area contributed by atoms with Crippen LogP contribution in [0, 0.1) is 5.92 Å². The Balaban J connectivity index is 1.46. The van der Waals surface area contributed by atoms with Crippen LogP contribution in [-0.2, 0) is 6.54 Å². The lowest BCUT2D eigenvalue weighted by atomic mass is 9.94. The number of hydrogen-bond acceptors (Lipinski definition) is 3. The van der Waals surface area contributed by atoms with Gasteiger partial charge in [0.1, 0.15) is 5.75 Å². The van der Waals surface area contributed by atoms with Gasteiger partial charge in [-0.15, -0.1) is 0 Å². The number of para-hydroxylation sites is 1. The number of nitrogens with zero attached hydrogens (tertiary/aromatic N) is 2. The van der Waals surface area contributed by atoms with E-state index in [4.69, 9.17) is 4.74 Å². The lowest BCUT2D eigenvalue weighted by Crippen LogP contribution is -2.47. The molecule has 1 aliphatic heterocycles. The lowest BCUT2D eigenvalue weighted by Gasteiger charge is -2.37. The fraction of sp³-hybridized carbons (Fsp3) is 0.579. The van der Waals surface area contributed by atoms with Gasteiger partial charge in [0, 0.05) is 44.8 Å². The van der Waals surface area contributed by atoms with Gasteiger partial charge in [0.15, 0.2) is 0 Å². The van der Waals surface area contributed by atoms with E-state index in [9.17, 15) is 0 Å².